The molecule has 1 N–H and O–H groups in total. The Hall–Kier alpha value is -3.75. The third-order valence-electron chi connectivity index (χ3n) is 5.15. The lowest BCUT2D eigenvalue weighted by Crippen LogP contribution is -2.12. The molecule has 1 aromatic heterocycles. The summed E-state index contributed by atoms with van der Waals surface area (Å²) in [6, 6.07) is 11.4. The Morgan fingerprint density at radius 1 is 1.13 bits per heavy atom. The van der Waals surface area contributed by atoms with Gasteiger partial charge in [0.2, 0.25) is 0 Å². The average Bonchev–Trinajstić information content (AvgIpc) is 3.01. The van der Waals surface area contributed by atoms with Crippen molar-refractivity contribution < 1.29 is 14.5 Å². The number of nitrogens with one attached hydrogen (secondary N) is 1. The predicted molar refractivity (Wildman–Crippen MR) is 111 cm³/mol. The van der Waals surface area contributed by atoms with E-state index in [-0.39, 0.29) is 17.0 Å². The highest BCUT2D eigenvalue weighted by Crippen LogP contribution is 2.28. The molecule has 0 radical (unpaired) electrons. The molecule has 0 fully saturated rings. The highest BCUT2D eigenvalue weighted by Gasteiger charge is 2.19. The molecule has 4 rings (SSSR count). The lowest BCUT2D eigenvalue weighted by atomic mass is 10.1. The molecule has 154 valence electrons. The average molecular weight is 407 g/mol. The van der Waals surface area contributed by atoms with E-state index in [9.17, 15) is 14.9 Å². The molecule has 1 aliphatic heterocycles. The van der Waals surface area contributed by atoms with Crippen LogP contribution in [0, 0.1) is 10.1 Å². The molecule has 0 atom stereocenters. The van der Waals surface area contributed by atoms with Gasteiger partial charge < -0.3 is 14.6 Å². The molecule has 1 amide bonds. The molecule has 3 aromatic rings. The third kappa shape index (κ3) is 3.86. The van der Waals surface area contributed by atoms with Crippen LogP contribution in [0.4, 0.5) is 11.4 Å². The van der Waals surface area contributed by atoms with E-state index in [1.807, 2.05) is 12.1 Å². The smallest absolute Gasteiger partial charge is 0.311 e. The third-order valence-corrected chi connectivity index (χ3v) is 5.15. The topological polar surface area (TPSA) is 112 Å². The summed E-state index contributed by atoms with van der Waals surface area (Å²) in [5, 5.41) is 22.6. The van der Waals surface area contributed by atoms with E-state index < -0.39 is 10.8 Å². The minimum absolute atomic E-state index is 0.105. The zero-order chi connectivity index (χ0) is 21.1. The maximum atomic E-state index is 12.5. The van der Waals surface area contributed by atoms with Crippen molar-refractivity contribution >= 4 is 17.3 Å². The van der Waals surface area contributed by atoms with Crippen LogP contribution < -0.4 is 10.1 Å². The van der Waals surface area contributed by atoms with Crippen LogP contribution in [0.1, 0.15) is 35.4 Å². The first kappa shape index (κ1) is 19.6. The van der Waals surface area contributed by atoms with Gasteiger partial charge >= 0.3 is 5.69 Å². The molecular formula is C21H21N5O4. The Morgan fingerprint density at radius 3 is 2.67 bits per heavy atom. The van der Waals surface area contributed by atoms with Gasteiger partial charge in [0.25, 0.3) is 5.91 Å². The highest BCUT2D eigenvalue weighted by molar-refractivity contribution is 6.04. The maximum Gasteiger partial charge on any atom is 0.311 e. The minimum Gasteiger partial charge on any atom is -0.490 e. The van der Waals surface area contributed by atoms with E-state index in [2.05, 4.69) is 20.1 Å². The number of hydrogen-bond acceptors (Lipinski definition) is 6. The molecule has 1 aliphatic rings. The van der Waals surface area contributed by atoms with Crippen molar-refractivity contribution in [1.29, 1.82) is 0 Å². The number of ether oxygens (including phenoxy) is 1. The number of methoxy groups -OCH3 is 1. The zero-order valence-electron chi connectivity index (χ0n) is 16.5. The van der Waals surface area contributed by atoms with Crippen LogP contribution in [0.5, 0.6) is 5.75 Å². The van der Waals surface area contributed by atoms with Crippen molar-refractivity contribution in [3.8, 4) is 17.1 Å². The number of amides is 1. The number of carbonyl (C=O) groups is 1. The van der Waals surface area contributed by atoms with Crippen LogP contribution in [-0.2, 0) is 13.0 Å². The molecule has 0 saturated carbocycles. The quantitative estimate of drug-likeness (QED) is 0.508. The van der Waals surface area contributed by atoms with Gasteiger partial charge in [0.05, 0.1) is 12.0 Å². The van der Waals surface area contributed by atoms with Gasteiger partial charge in [-0.3, -0.25) is 14.9 Å². The summed E-state index contributed by atoms with van der Waals surface area (Å²) in [5.74, 6) is 1.51. The first-order valence-electron chi connectivity index (χ1n) is 9.73. The number of rotatable bonds is 5. The highest BCUT2D eigenvalue weighted by atomic mass is 16.6. The molecular weight excluding hydrogens is 386 g/mol. The van der Waals surface area contributed by atoms with E-state index >= 15 is 0 Å². The molecule has 30 heavy (non-hydrogen) atoms. The summed E-state index contributed by atoms with van der Waals surface area (Å²) in [7, 11) is 1.35. The van der Waals surface area contributed by atoms with Gasteiger partial charge in [-0.25, -0.2) is 0 Å². The minimum atomic E-state index is -0.577. The summed E-state index contributed by atoms with van der Waals surface area (Å²) in [6.07, 6.45) is 4.37. The standard InChI is InChI=1S/C21H21N5O4/c1-30-18-11-8-15(13-17(18)26(28)29)21(27)22-16-9-6-14(7-10-16)20-24-23-19-5-3-2-4-12-25(19)20/h6-11,13H,2-5,12H2,1H3,(H,22,27). The second-order valence-electron chi connectivity index (χ2n) is 7.08. The molecule has 0 unspecified atom stereocenters. The van der Waals surface area contributed by atoms with E-state index in [1.54, 1.807) is 12.1 Å². The van der Waals surface area contributed by atoms with Crippen molar-refractivity contribution in [1.82, 2.24) is 14.8 Å². The van der Waals surface area contributed by atoms with Crippen molar-refractivity contribution in [2.24, 2.45) is 0 Å². The Labute approximate surface area is 172 Å². The second kappa shape index (κ2) is 8.32. The van der Waals surface area contributed by atoms with E-state index in [1.165, 1.54) is 31.7 Å². The van der Waals surface area contributed by atoms with Crippen molar-refractivity contribution in [3.05, 3.63) is 64.0 Å². The number of nitro groups is 1. The Balaban J connectivity index is 1.52. The fourth-order valence-electron chi connectivity index (χ4n) is 3.58. The number of carbonyl (C=O) groups excluding carboxylic acids is 1. The van der Waals surface area contributed by atoms with Crippen LogP contribution in [0.3, 0.4) is 0 Å². The largest absolute Gasteiger partial charge is 0.490 e. The molecule has 0 aliphatic carbocycles. The lowest BCUT2D eigenvalue weighted by molar-refractivity contribution is -0.385. The van der Waals surface area contributed by atoms with Crippen LogP contribution >= 0.6 is 0 Å². The number of hydrogen-bond donors (Lipinski definition) is 1. The fraction of sp³-hybridized carbons (Fsp3) is 0.286. The van der Waals surface area contributed by atoms with Gasteiger partial charge in [-0.1, -0.05) is 6.42 Å². The Bertz CT molecular complexity index is 1090. The first-order chi connectivity index (χ1) is 14.6. The van der Waals surface area contributed by atoms with Crippen LogP contribution in [0.15, 0.2) is 42.5 Å². The van der Waals surface area contributed by atoms with Crippen LogP contribution in [-0.4, -0.2) is 32.7 Å². The van der Waals surface area contributed by atoms with Crippen molar-refractivity contribution in [2.45, 2.75) is 32.2 Å². The summed E-state index contributed by atoms with van der Waals surface area (Å²) >= 11 is 0. The molecule has 9 nitrogen and oxygen atoms in total. The van der Waals surface area contributed by atoms with E-state index in [4.69, 9.17) is 4.74 Å². The zero-order valence-corrected chi connectivity index (χ0v) is 16.5. The Kier molecular flexibility index (Phi) is 5.42. The normalized spacial score (nSPS) is 13.2. The van der Waals surface area contributed by atoms with Gasteiger partial charge in [-0.05, 0) is 49.2 Å². The van der Waals surface area contributed by atoms with Crippen molar-refractivity contribution in [3.63, 3.8) is 0 Å². The summed E-state index contributed by atoms with van der Waals surface area (Å²) < 4.78 is 7.13. The number of aromatic nitrogens is 3. The van der Waals surface area contributed by atoms with E-state index in [0.29, 0.717) is 5.69 Å². The lowest BCUT2D eigenvalue weighted by Gasteiger charge is -2.09. The molecule has 0 bridgehead atoms. The molecule has 0 saturated heterocycles. The number of nitro benzene ring substituents is 1. The number of aryl methyl sites for hydroxylation is 1. The van der Waals surface area contributed by atoms with Crippen molar-refractivity contribution in [2.75, 3.05) is 12.4 Å². The fourth-order valence-corrected chi connectivity index (χ4v) is 3.58. The van der Waals surface area contributed by atoms with Gasteiger partial charge in [-0.15, -0.1) is 10.2 Å². The van der Waals surface area contributed by atoms with E-state index in [0.717, 1.165) is 43.0 Å². The molecule has 2 aromatic carbocycles. The van der Waals surface area contributed by atoms with Gasteiger partial charge in [0, 0.05) is 35.8 Å². The summed E-state index contributed by atoms with van der Waals surface area (Å²) in [6.45, 7) is 0.909. The van der Waals surface area contributed by atoms with Gasteiger partial charge in [0.15, 0.2) is 11.6 Å². The SMILES string of the molecule is COc1ccc(C(=O)Nc2ccc(-c3nnc4n3CCCCC4)cc2)cc1[N+](=O)[O-]. The van der Waals surface area contributed by atoms with Crippen LogP contribution in [0.25, 0.3) is 11.4 Å². The maximum absolute atomic E-state index is 12.5. The number of anilines is 1. The molecule has 9 heteroatoms. The Morgan fingerprint density at radius 2 is 1.93 bits per heavy atom. The van der Waals surface area contributed by atoms with Crippen LogP contribution in [0.2, 0.25) is 0 Å². The number of nitrogens with zero attached hydrogens (tertiary/aromatic N) is 4. The second-order valence-corrected chi connectivity index (χ2v) is 7.08. The number of benzene rings is 2. The summed E-state index contributed by atoms with van der Waals surface area (Å²) in [5.41, 5.74) is 1.42. The predicted octanol–water partition coefficient (Wildman–Crippen LogP) is 3.84. The molecule has 2 heterocycles. The number of fused-ring (bicyclic) bond motifs is 1. The van der Waals surface area contributed by atoms with Gasteiger partial charge in [0.1, 0.15) is 5.82 Å². The van der Waals surface area contributed by atoms with Gasteiger partial charge in [-0.2, -0.15) is 0 Å². The monoisotopic (exact) mass is 407 g/mol. The summed E-state index contributed by atoms with van der Waals surface area (Å²) in [4.78, 5) is 23.1. The first-order valence-corrected chi connectivity index (χ1v) is 9.73. The molecule has 0 spiro atoms.